The molecule has 0 aliphatic heterocycles. The Morgan fingerprint density at radius 3 is 1.88 bits per heavy atom. The molecule has 0 bridgehead atoms. The second-order valence-electron chi connectivity index (χ2n) is 2.93. The molecule has 0 heterocycles. The Morgan fingerprint density at radius 1 is 1.12 bits per heavy atom. The van der Waals surface area contributed by atoms with Gasteiger partial charge in [0.1, 0.15) is 10.1 Å². The largest absolute Gasteiger partial charge is 1.00 e. The number of nitrogen functional groups attached to an aromatic ring is 1. The van der Waals surface area contributed by atoms with Gasteiger partial charge in [-0.15, -0.1) is 0 Å². The number of rotatable bonds is 1. The zero-order valence-corrected chi connectivity index (χ0v) is 11.0. The minimum absolute atomic E-state index is 0. The summed E-state index contributed by atoms with van der Waals surface area (Å²) in [5, 5.41) is 0. The fourth-order valence-electron chi connectivity index (χ4n) is 1.03. The summed E-state index contributed by atoms with van der Waals surface area (Å²) in [6.45, 7) is 3.52. The second kappa shape index (κ2) is 7.02. The maximum atomic E-state index is 10.7. The van der Waals surface area contributed by atoms with Gasteiger partial charge >= 0.3 is 22.4 Å². The summed E-state index contributed by atoms with van der Waals surface area (Å²) < 4.78 is 32.0. The minimum Gasteiger partial charge on any atom is -0.744 e. The van der Waals surface area contributed by atoms with Crippen molar-refractivity contribution < 1.29 is 46.3 Å². The van der Waals surface area contributed by atoms with E-state index in [1.807, 2.05) is 0 Å². The number of hydrogen-bond acceptors (Lipinski definition) is 4. The van der Waals surface area contributed by atoms with Gasteiger partial charge in [0.25, 0.3) is 0 Å². The van der Waals surface area contributed by atoms with Gasteiger partial charge in [-0.05, 0) is 37.1 Å². The molecule has 1 rings (SSSR count). The summed E-state index contributed by atoms with van der Waals surface area (Å²) in [5.41, 5.74) is 7.01. The monoisotopic (exact) mass is 343 g/mol. The van der Waals surface area contributed by atoms with Gasteiger partial charge < -0.3 is 21.2 Å². The van der Waals surface area contributed by atoms with E-state index in [0.29, 0.717) is 0 Å². The molecule has 0 fully saturated rings. The fraction of sp³-hybridized carbons (Fsp3) is 0.250. The average Bonchev–Trinajstić information content (AvgIpc) is 1.94. The molecule has 0 radical (unpaired) electrons. The van der Waals surface area contributed by atoms with Gasteiger partial charge in [-0.1, -0.05) is 0 Å². The van der Waals surface area contributed by atoms with E-state index in [0.717, 1.165) is 11.1 Å². The molecule has 0 aliphatic carbocycles. The molecular formula is C8H14AgNO5S. The van der Waals surface area contributed by atoms with E-state index in [2.05, 4.69) is 0 Å². The van der Waals surface area contributed by atoms with Crippen molar-refractivity contribution in [1.82, 2.24) is 0 Å². The molecular weight excluding hydrogens is 330 g/mol. The summed E-state index contributed by atoms with van der Waals surface area (Å²) in [5.74, 6) is 0. The summed E-state index contributed by atoms with van der Waals surface area (Å²) in [6, 6.07) is 2.78. The van der Waals surface area contributed by atoms with Crippen molar-refractivity contribution in [3.63, 3.8) is 0 Å². The maximum Gasteiger partial charge on any atom is 1.00 e. The van der Waals surface area contributed by atoms with E-state index in [9.17, 15) is 13.0 Å². The first kappa shape index (κ1) is 20.9. The smallest absolute Gasteiger partial charge is 0.744 e. The average molecular weight is 344 g/mol. The molecule has 0 aliphatic rings. The van der Waals surface area contributed by atoms with Crippen molar-refractivity contribution in [3.8, 4) is 0 Å². The van der Waals surface area contributed by atoms with Crippen LogP contribution in [0.2, 0.25) is 0 Å². The Morgan fingerprint density at radius 2 is 1.50 bits per heavy atom. The van der Waals surface area contributed by atoms with E-state index in [1.165, 1.54) is 12.1 Å². The molecule has 0 aromatic heterocycles. The number of benzene rings is 1. The normalized spacial score (nSPS) is 9.44. The summed E-state index contributed by atoms with van der Waals surface area (Å²) in [4.78, 5) is -0.337. The van der Waals surface area contributed by atoms with Crippen molar-refractivity contribution in [2.24, 2.45) is 0 Å². The Bertz CT molecular complexity index is 446. The third-order valence-electron chi connectivity index (χ3n) is 1.90. The molecule has 0 saturated heterocycles. The number of hydrogen-bond donors (Lipinski definition) is 1. The van der Waals surface area contributed by atoms with Gasteiger partial charge in [-0.3, -0.25) is 0 Å². The van der Waals surface area contributed by atoms with Crippen LogP contribution in [0.3, 0.4) is 0 Å². The van der Waals surface area contributed by atoms with Crippen LogP contribution in [0.25, 0.3) is 0 Å². The number of anilines is 1. The van der Waals surface area contributed by atoms with Gasteiger partial charge in [0.2, 0.25) is 0 Å². The van der Waals surface area contributed by atoms with Crippen LogP contribution in [0.1, 0.15) is 11.1 Å². The Kier molecular flexibility index (Phi) is 9.19. The van der Waals surface area contributed by atoms with Crippen LogP contribution < -0.4 is 5.73 Å². The molecule has 0 spiro atoms. The topological polar surface area (TPSA) is 146 Å². The Hall–Kier alpha value is -0.410. The van der Waals surface area contributed by atoms with E-state index in [4.69, 9.17) is 5.73 Å². The van der Waals surface area contributed by atoms with Gasteiger partial charge in [0.05, 0.1) is 4.90 Å². The molecule has 6 N–H and O–H groups in total. The van der Waals surface area contributed by atoms with Crippen LogP contribution in [-0.4, -0.2) is 23.9 Å². The summed E-state index contributed by atoms with van der Waals surface area (Å²) in [6.07, 6.45) is 0. The third kappa shape index (κ3) is 4.62. The van der Waals surface area contributed by atoms with Crippen LogP contribution in [0.4, 0.5) is 5.69 Å². The minimum atomic E-state index is -4.45. The summed E-state index contributed by atoms with van der Waals surface area (Å²) in [7, 11) is -4.45. The molecule has 0 saturated carbocycles. The maximum absolute atomic E-state index is 10.7. The van der Waals surface area contributed by atoms with Gasteiger partial charge in [0.15, 0.2) is 0 Å². The summed E-state index contributed by atoms with van der Waals surface area (Å²) >= 11 is 0. The zero-order valence-electron chi connectivity index (χ0n) is 8.67. The third-order valence-corrected chi connectivity index (χ3v) is 2.79. The predicted octanol–water partition coefficient (Wildman–Crippen LogP) is -0.862. The van der Waals surface area contributed by atoms with E-state index in [1.54, 1.807) is 13.8 Å². The van der Waals surface area contributed by atoms with Crippen molar-refractivity contribution in [3.05, 3.63) is 23.3 Å². The molecule has 8 heteroatoms. The molecule has 16 heavy (non-hydrogen) atoms. The standard InChI is InChI=1S/C8H11NO3S.Ag.2H2O/c1-5-3-7(9)8(4-6(5)2)13(10,11)12;;;/h3-4H,9H2,1-2H3,(H,10,11,12);;2*1H2/q;+1;;/p-1. The van der Waals surface area contributed by atoms with E-state index >= 15 is 0 Å². The van der Waals surface area contributed by atoms with E-state index in [-0.39, 0.29) is 43.9 Å². The van der Waals surface area contributed by atoms with Crippen LogP contribution in [0, 0.1) is 13.8 Å². The molecule has 1 aromatic carbocycles. The van der Waals surface area contributed by atoms with Crippen molar-refractivity contribution in [2.45, 2.75) is 18.7 Å². The SMILES string of the molecule is Cc1cc(N)c(S(=O)(=O)[O-])cc1C.O.O.[Ag+]. The van der Waals surface area contributed by atoms with Gasteiger partial charge in [-0.25, -0.2) is 8.42 Å². The molecule has 0 amide bonds. The van der Waals surface area contributed by atoms with Crippen LogP contribution in [0.15, 0.2) is 17.0 Å². The number of nitrogens with two attached hydrogens (primary N) is 1. The zero-order chi connectivity index (χ0) is 10.2. The Labute approximate surface area is 110 Å². The van der Waals surface area contributed by atoms with Crippen LogP contribution in [0.5, 0.6) is 0 Å². The molecule has 0 unspecified atom stereocenters. The Balaban J connectivity index is -0.000000563. The first-order valence-corrected chi connectivity index (χ1v) is 5.06. The quantitative estimate of drug-likeness (QED) is 0.401. The number of aryl methyl sites for hydroxylation is 2. The first-order valence-electron chi connectivity index (χ1n) is 3.65. The molecule has 1 aromatic rings. The van der Waals surface area contributed by atoms with Crippen molar-refractivity contribution >= 4 is 15.8 Å². The van der Waals surface area contributed by atoms with Crippen LogP contribution >= 0.6 is 0 Å². The molecule has 6 nitrogen and oxygen atoms in total. The molecule has 0 atom stereocenters. The predicted molar refractivity (Wildman–Crippen MR) is 55.5 cm³/mol. The van der Waals surface area contributed by atoms with Gasteiger partial charge in [-0.2, -0.15) is 0 Å². The second-order valence-corrected chi connectivity index (χ2v) is 4.28. The van der Waals surface area contributed by atoms with Crippen LogP contribution in [-0.2, 0) is 32.5 Å². The fourth-order valence-corrected chi connectivity index (χ4v) is 1.70. The van der Waals surface area contributed by atoms with Gasteiger partial charge in [0, 0.05) is 5.69 Å². The molecule has 98 valence electrons. The van der Waals surface area contributed by atoms with Crippen molar-refractivity contribution in [1.29, 1.82) is 0 Å². The van der Waals surface area contributed by atoms with E-state index < -0.39 is 10.1 Å². The first-order chi connectivity index (χ1) is 5.82. The van der Waals surface area contributed by atoms with Crippen molar-refractivity contribution in [2.75, 3.05) is 5.73 Å².